The SMILES string of the molecule is O=Cc1[nH]nc2c1C(=O)C(SCCCC(=O)Nc1ccccc1)=CC2=O. The van der Waals surface area contributed by atoms with Crippen LogP contribution in [0.2, 0.25) is 0 Å². The van der Waals surface area contributed by atoms with Crippen LogP contribution < -0.4 is 5.32 Å². The van der Waals surface area contributed by atoms with E-state index in [4.69, 9.17) is 0 Å². The standard InChI is InChI=1S/C18H15N3O4S/c22-10-12-16-17(21-20-12)13(23)9-14(18(16)25)26-8-4-7-15(24)19-11-5-2-1-3-6-11/h1-3,5-6,9-10H,4,7-8H2,(H,19,24)(H,20,21). The molecular weight excluding hydrogens is 354 g/mol. The first-order valence-corrected chi connectivity index (χ1v) is 8.90. The van der Waals surface area contributed by atoms with Gasteiger partial charge in [-0.1, -0.05) is 18.2 Å². The maximum atomic E-state index is 12.4. The number of aldehydes is 1. The molecule has 0 spiro atoms. The van der Waals surface area contributed by atoms with Crippen molar-refractivity contribution >= 4 is 41.2 Å². The van der Waals surface area contributed by atoms with Gasteiger partial charge in [0.15, 0.2) is 6.29 Å². The number of nitrogens with one attached hydrogen (secondary N) is 2. The predicted octanol–water partition coefficient (Wildman–Crippen LogP) is 2.64. The van der Waals surface area contributed by atoms with E-state index in [1.807, 2.05) is 18.2 Å². The lowest BCUT2D eigenvalue weighted by Gasteiger charge is -2.11. The number of aromatic amines is 1. The summed E-state index contributed by atoms with van der Waals surface area (Å²) in [6.45, 7) is 0. The van der Waals surface area contributed by atoms with Gasteiger partial charge in [0.1, 0.15) is 11.4 Å². The molecule has 1 aromatic heterocycles. The molecular formula is C18H15N3O4S. The first kappa shape index (κ1) is 17.8. The number of allylic oxidation sites excluding steroid dienone is 2. The molecule has 0 fully saturated rings. The molecule has 2 N–H and O–H groups in total. The number of nitrogens with zero attached hydrogens (tertiary/aromatic N) is 1. The topological polar surface area (TPSA) is 109 Å². The molecule has 0 bridgehead atoms. The van der Waals surface area contributed by atoms with Crippen LogP contribution in [-0.4, -0.2) is 39.7 Å². The van der Waals surface area contributed by atoms with Crippen molar-refractivity contribution in [3.8, 4) is 0 Å². The Balaban J connectivity index is 1.52. The van der Waals surface area contributed by atoms with E-state index in [2.05, 4.69) is 15.5 Å². The summed E-state index contributed by atoms with van der Waals surface area (Å²) in [6.07, 6.45) is 2.54. The Morgan fingerprint density at radius 3 is 2.73 bits per heavy atom. The fourth-order valence-electron chi connectivity index (χ4n) is 2.49. The molecule has 1 aliphatic rings. The molecule has 0 aliphatic heterocycles. The molecule has 0 radical (unpaired) electrons. The fourth-order valence-corrected chi connectivity index (χ4v) is 3.42. The lowest BCUT2D eigenvalue weighted by Crippen LogP contribution is -2.16. The number of hydrogen-bond acceptors (Lipinski definition) is 6. The van der Waals surface area contributed by atoms with Crippen LogP contribution in [-0.2, 0) is 4.79 Å². The Morgan fingerprint density at radius 2 is 2.00 bits per heavy atom. The normalized spacial score (nSPS) is 13.2. The van der Waals surface area contributed by atoms with E-state index < -0.39 is 11.6 Å². The number of H-pyrrole nitrogens is 1. The van der Waals surface area contributed by atoms with E-state index >= 15 is 0 Å². The van der Waals surface area contributed by atoms with Gasteiger partial charge < -0.3 is 5.32 Å². The van der Waals surface area contributed by atoms with Gasteiger partial charge in [-0.2, -0.15) is 5.10 Å². The first-order valence-electron chi connectivity index (χ1n) is 7.92. The maximum Gasteiger partial charge on any atom is 0.224 e. The van der Waals surface area contributed by atoms with Crippen LogP contribution in [0.5, 0.6) is 0 Å². The Kier molecular flexibility index (Phi) is 5.43. The molecule has 0 saturated carbocycles. The predicted molar refractivity (Wildman–Crippen MR) is 97.5 cm³/mol. The van der Waals surface area contributed by atoms with Gasteiger partial charge in [0.05, 0.1) is 10.5 Å². The number of carbonyl (C=O) groups is 4. The Morgan fingerprint density at radius 1 is 1.23 bits per heavy atom. The molecule has 1 heterocycles. The molecule has 132 valence electrons. The number of benzene rings is 1. The second-order valence-corrected chi connectivity index (χ2v) is 6.68. The molecule has 0 unspecified atom stereocenters. The van der Waals surface area contributed by atoms with Crippen molar-refractivity contribution in [1.29, 1.82) is 0 Å². The van der Waals surface area contributed by atoms with E-state index in [-0.39, 0.29) is 27.8 Å². The first-order chi connectivity index (χ1) is 12.6. The highest BCUT2D eigenvalue weighted by Crippen LogP contribution is 2.29. The van der Waals surface area contributed by atoms with Gasteiger partial charge >= 0.3 is 0 Å². The van der Waals surface area contributed by atoms with E-state index in [9.17, 15) is 19.2 Å². The van der Waals surface area contributed by atoms with Gasteiger partial charge in [-0.3, -0.25) is 24.3 Å². The smallest absolute Gasteiger partial charge is 0.224 e. The monoisotopic (exact) mass is 369 g/mol. The molecule has 0 saturated heterocycles. The molecule has 2 aromatic rings. The quantitative estimate of drug-likeness (QED) is 0.574. The van der Waals surface area contributed by atoms with Gasteiger partial charge in [-0.05, 0) is 24.3 Å². The average molecular weight is 369 g/mol. The maximum absolute atomic E-state index is 12.4. The van der Waals surface area contributed by atoms with Crippen molar-refractivity contribution in [2.45, 2.75) is 12.8 Å². The van der Waals surface area contributed by atoms with Crippen molar-refractivity contribution in [3.63, 3.8) is 0 Å². The lowest BCUT2D eigenvalue weighted by atomic mass is 10.00. The molecule has 26 heavy (non-hydrogen) atoms. The highest BCUT2D eigenvalue weighted by Gasteiger charge is 2.31. The molecule has 1 aliphatic carbocycles. The van der Waals surface area contributed by atoms with Gasteiger partial charge in [-0.25, -0.2) is 0 Å². The molecule has 7 nitrogen and oxygen atoms in total. The zero-order valence-corrected chi connectivity index (χ0v) is 14.5. The van der Waals surface area contributed by atoms with Gasteiger partial charge in [-0.15, -0.1) is 11.8 Å². The molecule has 1 amide bonds. The van der Waals surface area contributed by atoms with E-state index in [0.29, 0.717) is 24.9 Å². The number of anilines is 1. The Labute approximate surface area is 153 Å². The number of thioether (sulfide) groups is 1. The number of amides is 1. The summed E-state index contributed by atoms with van der Waals surface area (Å²) >= 11 is 1.20. The highest BCUT2D eigenvalue weighted by atomic mass is 32.2. The fraction of sp³-hybridized carbons (Fsp3) is 0.167. The van der Waals surface area contributed by atoms with Crippen LogP contribution in [0.15, 0.2) is 41.3 Å². The summed E-state index contributed by atoms with van der Waals surface area (Å²) in [5.41, 5.74) is 0.738. The van der Waals surface area contributed by atoms with Crippen LogP contribution >= 0.6 is 11.8 Å². The number of carbonyl (C=O) groups excluding carboxylic acids is 4. The van der Waals surface area contributed by atoms with Gasteiger partial charge in [0.25, 0.3) is 0 Å². The average Bonchev–Trinajstić information content (AvgIpc) is 3.08. The third kappa shape index (κ3) is 3.80. The minimum absolute atomic E-state index is 0.00629. The Hall–Kier alpha value is -3.00. The van der Waals surface area contributed by atoms with Crippen LogP contribution in [0.25, 0.3) is 0 Å². The second kappa shape index (κ2) is 7.92. The van der Waals surface area contributed by atoms with Gasteiger partial charge in [0.2, 0.25) is 17.5 Å². The highest BCUT2D eigenvalue weighted by molar-refractivity contribution is 8.04. The number of fused-ring (bicyclic) bond motifs is 1. The summed E-state index contributed by atoms with van der Waals surface area (Å²) in [4.78, 5) is 47.6. The largest absolute Gasteiger partial charge is 0.326 e. The minimum atomic E-state index is -0.409. The third-order valence-electron chi connectivity index (χ3n) is 3.72. The number of ketones is 2. The molecule has 8 heteroatoms. The second-order valence-electron chi connectivity index (χ2n) is 5.55. The zero-order chi connectivity index (χ0) is 18.5. The Bertz CT molecular complexity index is 902. The number of para-hydroxylation sites is 1. The van der Waals surface area contributed by atoms with Gasteiger partial charge in [0, 0.05) is 18.2 Å². The van der Waals surface area contributed by atoms with E-state index in [0.717, 1.165) is 5.69 Å². The molecule has 3 rings (SSSR count). The van der Waals surface area contributed by atoms with E-state index in [1.54, 1.807) is 12.1 Å². The van der Waals surface area contributed by atoms with Crippen molar-refractivity contribution in [3.05, 3.63) is 58.3 Å². The van der Waals surface area contributed by atoms with Crippen LogP contribution in [0.3, 0.4) is 0 Å². The third-order valence-corrected chi connectivity index (χ3v) is 4.83. The minimum Gasteiger partial charge on any atom is -0.326 e. The molecule has 1 aromatic carbocycles. The summed E-state index contributed by atoms with van der Waals surface area (Å²) in [5.74, 6) is -0.420. The van der Waals surface area contributed by atoms with Crippen LogP contribution in [0.4, 0.5) is 5.69 Å². The zero-order valence-electron chi connectivity index (χ0n) is 13.7. The van der Waals surface area contributed by atoms with Crippen LogP contribution in [0.1, 0.15) is 44.2 Å². The molecule has 0 atom stereocenters. The van der Waals surface area contributed by atoms with Crippen molar-refractivity contribution in [2.75, 3.05) is 11.1 Å². The van der Waals surface area contributed by atoms with Crippen LogP contribution in [0, 0.1) is 0 Å². The van der Waals surface area contributed by atoms with Crippen molar-refractivity contribution in [1.82, 2.24) is 10.2 Å². The summed E-state index contributed by atoms with van der Waals surface area (Å²) < 4.78 is 0. The van der Waals surface area contributed by atoms with Crippen molar-refractivity contribution in [2.24, 2.45) is 0 Å². The van der Waals surface area contributed by atoms with E-state index in [1.165, 1.54) is 17.8 Å². The number of hydrogen-bond donors (Lipinski definition) is 2. The number of rotatable bonds is 7. The summed E-state index contributed by atoms with van der Waals surface area (Å²) in [6, 6.07) is 9.14. The number of aromatic nitrogens is 2. The summed E-state index contributed by atoms with van der Waals surface area (Å²) in [5, 5.41) is 8.90. The lowest BCUT2D eigenvalue weighted by molar-refractivity contribution is -0.116. The number of Topliss-reactive ketones (excluding diaryl/α,β-unsaturated/α-hetero) is 1. The van der Waals surface area contributed by atoms with Crippen molar-refractivity contribution < 1.29 is 19.2 Å². The summed E-state index contributed by atoms with van der Waals surface area (Å²) in [7, 11) is 0.